The Balaban J connectivity index is 1.37. The zero-order chi connectivity index (χ0) is 31.1. The summed E-state index contributed by atoms with van der Waals surface area (Å²) in [6.07, 6.45) is -3.42. The zero-order valence-electron chi connectivity index (χ0n) is 23.0. The number of nitrogens with zero attached hydrogens (tertiary/aromatic N) is 2. The summed E-state index contributed by atoms with van der Waals surface area (Å²) in [6.45, 7) is 2.30. The van der Waals surface area contributed by atoms with Crippen molar-refractivity contribution >= 4 is 53.3 Å². The summed E-state index contributed by atoms with van der Waals surface area (Å²) in [4.78, 5) is 64.7. The van der Waals surface area contributed by atoms with Crippen LogP contribution < -0.4 is 16.0 Å². The van der Waals surface area contributed by atoms with Gasteiger partial charge in [0.15, 0.2) is 0 Å². The molecule has 4 heterocycles. The van der Waals surface area contributed by atoms with Crippen LogP contribution in [0.15, 0.2) is 24.3 Å². The van der Waals surface area contributed by atoms with Crippen LogP contribution in [0.3, 0.4) is 0 Å². The lowest BCUT2D eigenvalue weighted by atomic mass is 10.1. The molecule has 2 aromatic rings. The molecule has 3 aliphatic heterocycles. The number of amides is 4. The molecule has 0 aliphatic carbocycles. The summed E-state index contributed by atoms with van der Waals surface area (Å²) in [5.74, 6) is -1.88. The average Bonchev–Trinajstić information content (AvgIpc) is 3.66. The van der Waals surface area contributed by atoms with Gasteiger partial charge in [-0.1, -0.05) is 0 Å². The van der Waals surface area contributed by atoms with Crippen molar-refractivity contribution in [2.75, 3.05) is 26.2 Å². The highest BCUT2D eigenvalue weighted by atomic mass is 32.1. The number of hydrogen-bond donors (Lipinski definition) is 5. The van der Waals surface area contributed by atoms with Gasteiger partial charge in [-0.15, -0.1) is 16.2 Å². The quantitative estimate of drug-likeness (QED) is 0.273. The minimum atomic E-state index is -4.04. The van der Waals surface area contributed by atoms with Crippen molar-refractivity contribution in [1.29, 1.82) is 0 Å². The van der Waals surface area contributed by atoms with Gasteiger partial charge in [-0.05, 0) is 53.4 Å². The fourth-order valence-electron chi connectivity index (χ4n) is 5.83. The average molecular weight is 643 g/mol. The molecule has 4 amide bonds. The third-order valence-corrected chi connectivity index (χ3v) is 9.52. The molecular formula is C26H31F2N5O8PS+. The van der Waals surface area contributed by atoms with E-state index in [1.54, 1.807) is 0 Å². The minimum absolute atomic E-state index is 0.101. The first-order valence-corrected chi connectivity index (χ1v) is 15.6. The topological polar surface area (TPSA) is 178 Å². The van der Waals surface area contributed by atoms with E-state index in [1.165, 1.54) is 28.9 Å². The monoisotopic (exact) mass is 642 g/mol. The number of fused-ring (bicyclic) bond motifs is 2. The standard InChI is InChI=1S/C26H30F2N5O8PS/c1-13(34)32-7-6-16-3-4-19(23(36)30-17-10-29-11-20(17)35)33(16)25(38)18(12-32)31-24(37)22-9-14-8-15(2-5-21(14)43-22)26(27,28)41-42(39)40/h2,5,8-9,16-20,29,35H,3-4,6-7,10-12H2,1H3,(H2-,30,31,36,37,39,40)/p+1/t16-,17+,18+,19+,20+/m1/s1. The SMILES string of the molecule is CC(=O)N1CC[C@H]2CC[C@@H](C(=O)N[C@H]3CNC[C@@H]3O)N2C(=O)[C@@H](NC(=O)c2cc3cc(C(F)(F)O[P+](=O)O)ccc3s2)C1. The van der Waals surface area contributed by atoms with Gasteiger partial charge in [0, 0.05) is 48.4 Å². The van der Waals surface area contributed by atoms with Gasteiger partial charge in [-0.25, -0.2) is 0 Å². The molecule has 1 aromatic carbocycles. The second-order valence-electron chi connectivity index (χ2n) is 10.8. The Hall–Kier alpha value is -3.14. The lowest BCUT2D eigenvalue weighted by molar-refractivity contribution is -0.185. The first-order chi connectivity index (χ1) is 20.3. The van der Waals surface area contributed by atoms with E-state index in [2.05, 4.69) is 20.5 Å². The van der Waals surface area contributed by atoms with Crippen LogP contribution in [0.1, 0.15) is 41.4 Å². The van der Waals surface area contributed by atoms with Crippen LogP contribution in [0.4, 0.5) is 8.78 Å². The fourth-order valence-corrected chi connectivity index (χ4v) is 7.08. The highest BCUT2D eigenvalue weighted by molar-refractivity contribution is 7.32. The minimum Gasteiger partial charge on any atom is -0.390 e. The largest absolute Gasteiger partial charge is 0.701 e. The number of nitrogens with one attached hydrogen (secondary N) is 3. The van der Waals surface area contributed by atoms with Gasteiger partial charge in [0.05, 0.1) is 22.6 Å². The van der Waals surface area contributed by atoms with E-state index < -0.39 is 61.9 Å². The maximum Gasteiger partial charge on any atom is 0.701 e. The lowest BCUT2D eigenvalue weighted by Gasteiger charge is -2.38. The van der Waals surface area contributed by atoms with Gasteiger partial charge in [0.2, 0.25) is 17.7 Å². The summed E-state index contributed by atoms with van der Waals surface area (Å²) in [7, 11) is -3.57. The van der Waals surface area contributed by atoms with E-state index in [4.69, 9.17) is 4.89 Å². The third kappa shape index (κ3) is 6.69. The fraction of sp³-hybridized carbons (Fsp3) is 0.538. The highest BCUT2D eigenvalue weighted by Crippen LogP contribution is 2.39. The first kappa shape index (κ1) is 31.3. The van der Waals surface area contributed by atoms with Crippen molar-refractivity contribution < 1.29 is 47.0 Å². The van der Waals surface area contributed by atoms with Gasteiger partial charge in [0.25, 0.3) is 5.91 Å². The molecule has 1 aromatic heterocycles. The summed E-state index contributed by atoms with van der Waals surface area (Å²) in [5, 5.41) is 18.9. The Labute approximate surface area is 249 Å². The summed E-state index contributed by atoms with van der Waals surface area (Å²) in [6, 6.07) is 1.89. The molecule has 6 atom stereocenters. The predicted octanol–water partition coefficient (Wildman–Crippen LogP) is 0.776. The molecule has 0 radical (unpaired) electrons. The van der Waals surface area contributed by atoms with Gasteiger partial charge in [0.1, 0.15) is 12.1 Å². The number of carbonyl (C=O) groups is 4. The number of rotatable bonds is 7. The van der Waals surface area contributed by atoms with Gasteiger partial charge < -0.3 is 30.9 Å². The number of halogens is 2. The van der Waals surface area contributed by atoms with Crippen LogP contribution in [0.2, 0.25) is 0 Å². The first-order valence-electron chi connectivity index (χ1n) is 13.7. The maximum absolute atomic E-state index is 14.2. The smallest absolute Gasteiger partial charge is 0.390 e. The van der Waals surface area contributed by atoms with E-state index in [-0.39, 0.29) is 28.8 Å². The lowest BCUT2D eigenvalue weighted by Crippen LogP contribution is -2.61. The summed E-state index contributed by atoms with van der Waals surface area (Å²) < 4.78 is 43.5. The molecule has 0 saturated carbocycles. The number of carbonyl (C=O) groups excluding carboxylic acids is 4. The molecule has 43 heavy (non-hydrogen) atoms. The van der Waals surface area contributed by atoms with Crippen molar-refractivity contribution in [3.05, 3.63) is 34.7 Å². The third-order valence-electron chi connectivity index (χ3n) is 8.02. The van der Waals surface area contributed by atoms with Crippen LogP contribution in [0, 0.1) is 0 Å². The Morgan fingerprint density at radius 1 is 1.16 bits per heavy atom. The molecule has 5 rings (SSSR count). The maximum atomic E-state index is 14.2. The molecule has 5 N–H and O–H groups in total. The Bertz CT molecular complexity index is 1460. The molecule has 13 nitrogen and oxygen atoms in total. The van der Waals surface area contributed by atoms with Crippen molar-refractivity contribution in [2.45, 2.75) is 62.6 Å². The van der Waals surface area contributed by atoms with Gasteiger partial charge in [-0.2, -0.15) is 8.78 Å². The molecule has 3 fully saturated rings. The second kappa shape index (κ2) is 12.5. The van der Waals surface area contributed by atoms with Crippen LogP contribution in [0.25, 0.3) is 10.1 Å². The number of alkyl halides is 2. The molecule has 0 bridgehead atoms. The Kier molecular flexibility index (Phi) is 9.07. The molecule has 232 valence electrons. The van der Waals surface area contributed by atoms with E-state index in [0.29, 0.717) is 43.6 Å². The van der Waals surface area contributed by atoms with Crippen LogP contribution in [-0.4, -0.2) is 99.9 Å². The van der Waals surface area contributed by atoms with Crippen LogP contribution >= 0.6 is 19.6 Å². The number of benzene rings is 1. The van der Waals surface area contributed by atoms with Gasteiger partial charge >= 0.3 is 14.4 Å². The van der Waals surface area contributed by atoms with E-state index in [9.17, 15) is 37.6 Å². The molecule has 3 aliphatic rings. The molecule has 3 saturated heterocycles. The van der Waals surface area contributed by atoms with Crippen molar-refractivity contribution in [3.63, 3.8) is 0 Å². The molecular weight excluding hydrogens is 611 g/mol. The predicted molar refractivity (Wildman–Crippen MR) is 149 cm³/mol. The molecule has 0 spiro atoms. The summed E-state index contributed by atoms with van der Waals surface area (Å²) in [5.41, 5.74) is -0.681. The number of aliphatic hydroxyl groups excluding tert-OH is 1. The van der Waals surface area contributed by atoms with Gasteiger partial charge in [-0.3, -0.25) is 19.2 Å². The zero-order valence-corrected chi connectivity index (χ0v) is 24.7. The number of β-amino-alcohol motifs (C(OH)–C–C–N with tert-alkyl or cyclic N) is 1. The van der Waals surface area contributed by atoms with E-state index >= 15 is 0 Å². The molecule has 1 unspecified atom stereocenters. The van der Waals surface area contributed by atoms with Crippen molar-refractivity contribution in [3.8, 4) is 0 Å². The summed E-state index contributed by atoms with van der Waals surface area (Å²) >= 11 is 0.984. The van der Waals surface area contributed by atoms with Crippen molar-refractivity contribution in [1.82, 2.24) is 25.8 Å². The number of hydrogen-bond acceptors (Lipinski definition) is 9. The van der Waals surface area contributed by atoms with Crippen molar-refractivity contribution in [2.24, 2.45) is 0 Å². The van der Waals surface area contributed by atoms with Crippen LogP contribution in [0.5, 0.6) is 0 Å². The second-order valence-corrected chi connectivity index (χ2v) is 12.6. The Morgan fingerprint density at radius 2 is 1.93 bits per heavy atom. The van der Waals surface area contributed by atoms with E-state index in [1.807, 2.05) is 0 Å². The van der Waals surface area contributed by atoms with Crippen LogP contribution in [-0.2, 0) is 29.6 Å². The number of thiophene rings is 1. The normalized spacial score (nSPS) is 26.6. The Morgan fingerprint density at radius 3 is 2.60 bits per heavy atom. The number of aliphatic hydroxyl groups is 1. The highest BCUT2D eigenvalue weighted by Gasteiger charge is 2.46. The molecule has 17 heteroatoms. The van der Waals surface area contributed by atoms with E-state index in [0.717, 1.165) is 23.5 Å².